The second-order valence-electron chi connectivity index (χ2n) is 4.07. The summed E-state index contributed by atoms with van der Waals surface area (Å²) in [5.74, 6) is 1.18. The zero-order valence-electron chi connectivity index (χ0n) is 9.66. The number of hydrogen-bond donors (Lipinski definition) is 1. The number of anilines is 1. The third kappa shape index (κ3) is 2.55. The van der Waals surface area contributed by atoms with E-state index in [1.807, 2.05) is 18.8 Å². The minimum Gasteiger partial charge on any atom is -0.366 e. The Morgan fingerprint density at radius 1 is 1.56 bits per heavy atom. The van der Waals surface area contributed by atoms with E-state index in [9.17, 15) is 0 Å². The topological polar surface area (TPSA) is 15.3 Å². The van der Waals surface area contributed by atoms with Gasteiger partial charge in [0.15, 0.2) is 0 Å². The molecule has 1 heterocycles. The van der Waals surface area contributed by atoms with Crippen molar-refractivity contribution < 1.29 is 0 Å². The number of hydrogen-bond acceptors (Lipinski definition) is 3. The molecule has 1 aliphatic rings. The number of rotatable bonds is 3. The zero-order chi connectivity index (χ0) is 11.5. The molecule has 1 atom stereocenters. The summed E-state index contributed by atoms with van der Waals surface area (Å²) in [6.45, 7) is 4.40. The van der Waals surface area contributed by atoms with Crippen molar-refractivity contribution in [2.75, 3.05) is 30.8 Å². The lowest BCUT2D eigenvalue weighted by atomic mass is 10.2. The maximum Gasteiger partial charge on any atom is 0.0518 e. The molecule has 4 heteroatoms. The molecule has 0 bridgehead atoms. The van der Waals surface area contributed by atoms with Gasteiger partial charge in [-0.3, -0.25) is 0 Å². The molecular formula is C12H17BrN2S. The van der Waals surface area contributed by atoms with E-state index in [-0.39, 0.29) is 0 Å². The molecule has 88 valence electrons. The summed E-state index contributed by atoms with van der Waals surface area (Å²) in [5.41, 5.74) is 1.37. The van der Waals surface area contributed by atoms with Crippen LogP contribution >= 0.6 is 27.7 Å². The minimum absolute atomic E-state index is 0.611. The van der Waals surface area contributed by atoms with E-state index in [2.05, 4.69) is 51.3 Å². The van der Waals surface area contributed by atoms with Crippen molar-refractivity contribution in [3.8, 4) is 0 Å². The van der Waals surface area contributed by atoms with Crippen LogP contribution in [0, 0.1) is 0 Å². The lowest BCUT2D eigenvalue weighted by molar-refractivity contribution is 0.648. The molecular weight excluding hydrogens is 284 g/mol. The number of halogens is 1. The fraction of sp³-hybridized carbons (Fsp3) is 0.500. The largest absolute Gasteiger partial charge is 0.366 e. The number of fused-ring (bicyclic) bond motifs is 1. The summed E-state index contributed by atoms with van der Waals surface area (Å²) in [6.07, 6.45) is 0. The van der Waals surface area contributed by atoms with E-state index in [1.165, 1.54) is 16.3 Å². The molecule has 0 fully saturated rings. The van der Waals surface area contributed by atoms with Crippen molar-refractivity contribution in [1.82, 2.24) is 5.32 Å². The van der Waals surface area contributed by atoms with Gasteiger partial charge in [0.1, 0.15) is 0 Å². The van der Waals surface area contributed by atoms with Gasteiger partial charge in [-0.25, -0.2) is 0 Å². The van der Waals surface area contributed by atoms with Crippen molar-refractivity contribution in [3.63, 3.8) is 0 Å². The first-order valence-corrected chi connectivity index (χ1v) is 7.34. The first-order valence-electron chi connectivity index (χ1n) is 5.56. The molecule has 2 rings (SSSR count). The van der Waals surface area contributed by atoms with E-state index >= 15 is 0 Å². The summed E-state index contributed by atoms with van der Waals surface area (Å²) >= 11 is 5.51. The Kier molecular flexibility index (Phi) is 4.16. The lowest BCUT2D eigenvalue weighted by Gasteiger charge is -2.36. The van der Waals surface area contributed by atoms with Gasteiger partial charge in [0.05, 0.1) is 5.69 Å². The third-order valence-corrected chi connectivity index (χ3v) is 4.64. The van der Waals surface area contributed by atoms with Gasteiger partial charge >= 0.3 is 0 Å². The summed E-state index contributed by atoms with van der Waals surface area (Å²) in [6, 6.07) is 7.17. The molecule has 1 N–H and O–H groups in total. The van der Waals surface area contributed by atoms with Gasteiger partial charge in [-0.1, -0.05) is 15.9 Å². The predicted octanol–water partition coefficient (Wildman–Crippen LogP) is 2.97. The summed E-state index contributed by atoms with van der Waals surface area (Å²) < 4.78 is 1.16. The molecule has 16 heavy (non-hydrogen) atoms. The molecule has 1 aliphatic heterocycles. The van der Waals surface area contributed by atoms with Crippen LogP contribution in [-0.2, 0) is 0 Å². The SMILES string of the molecule is CNCCN1c2cc(Br)ccc2SCC1C. The van der Waals surface area contributed by atoms with Gasteiger partial charge in [0.2, 0.25) is 0 Å². The van der Waals surface area contributed by atoms with Crippen LogP contribution in [0.1, 0.15) is 6.92 Å². The Labute approximate surface area is 110 Å². The van der Waals surface area contributed by atoms with Crippen molar-refractivity contribution >= 4 is 33.4 Å². The molecule has 1 unspecified atom stereocenters. The number of benzene rings is 1. The van der Waals surface area contributed by atoms with Crippen molar-refractivity contribution in [3.05, 3.63) is 22.7 Å². The average Bonchev–Trinajstić information content (AvgIpc) is 2.28. The van der Waals surface area contributed by atoms with Crippen LogP contribution in [0.15, 0.2) is 27.6 Å². The van der Waals surface area contributed by atoms with Crippen molar-refractivity contribution in [2.45, 2.75) is 17.9 Å². The molecule has 0 aliphatic carbocycles. The lowest BCUT2D eigenvalue weighted by Crippen LogP contribution is -2.41. The van der Waals surface area contributed by atoms with Crippen LogP contribution < -0.4 is 10.2 Å². The quantitative estimate of drug-likeness (QED) is 0.924. The number of nitrogens with one attached hydrogen (secondary N) is 1. The molecule has 0 aromatic heterocycles. The standard InChI is InChI=1S/C12H17BrN2S/c1-9-8-16-12-4-3-10(13)7-11(12)15(9)6-5-14-2/h3-4,7,9,14H,5-6,8H2,1-2H3. The highest BCUT2D eigenvalue weighted by molar-refractivity contribution is 9.10. The highest BCUT2D eigenvalue weighted by Crippen LogP contribution is 2.38. The molecule has 0 spiro atoms. The maximum atomic E-state index is 3.55. The Hall–Kier alpha value is -0.190. The number of likely N-dealkylation sites (N-methyl/N-ethyl adjacent to an activating group) is 1. The fourth-order valence-electron chi connectivity index (χ4n) is 1.95. The fourth-order valence-corrected chi connectivity index (χ4v) is 3.39. The summed E-state index contributed by atoms with van der Waals surface area (Å²) in [4.78, 5) is 3.89. The second-order valence-corrected chi connectivity index (χ2v) is 6.05. The molecule has 0 amide bonds. The Morgan fingerprint density at radius 2 is 2.38 bits per heavy atom. The van der Waals surface area contributed by atoms with Crippen LogP contribution in [0.25, 0.3) is 0 Å². The first kappa shape index (κ1) is 12.3. The number of nitrogens with zero attached hydrogens (tertiary/aromatic N) is 1. The Balaban J connectivity index is 2.27. The zero-order valence-corrected chi connectivity index (χ0v) is 12.1. The van der Waals surface area contributed by atoms with Crippen LogP contribution in [0.5, 0.6) is 0 Å². The van der Waals surface area contributed by atoms with Gasteiger partial charge < -0.3 is 10.2 Å². The van der Waals surface area contributed by atoms with E-state index in [0.29, 0.717) is 6.04 Å². The van der Waals surface area contributed by atoms with E-state index in [1.54, 1.807) is 0 Å². The summed E-state index contributed by atoms with van der Waals surface area (Å²) in [5, 5.41) is 3.22. The maximum absolute atomic E-state index is 3.55. The first-order chi connectivity index (χ1) is 7.72. The van der Waals surface area contributed by atoms with Crippen molar-refractivity contribution in [1.29, 1.82) is 0 Å². The van der Waals surface area contributed by atoms with Gasteiger partial charge in [0, 0.05) is 34.3 Å². The smallest absolute Gasteiger partial charge is 0.0518 e. The minimum atomic E-state index is 0.611. The van der Waals surface area contributed by atoms with E-state index in [4.69, 9.17) is 0 Å². The average molecular weight is 301 g/mol. The normalized spacial score (nSPS) is 19.7. The Bertz CT molecular complexity index is 370. The number of thioether (sulfide) groups is 1. The molecule has 0 saturated carbocycles. The molecule has 1 aromatic rings. The van der Waals surface area contributed by atoms with Crippen LogP contribution in [0.2, 0.25) is 0 Å². The van der Waals surface area contributed by atoms with E-state index < -0.39 is 0 Å². The summed E-state index contributed by atoms with van der Waals surface area (Å²) in [7, 11) is 2.01. The Morgan fingerprint density at radius 3 is 3.12 bits per heavy atom. The van der Waals surface area contributed by atoms with Gasteiger partial charge in [0.25, 0.3) is 0 Å². The molecule has 0 saturated heterocycles. The van der Waals surface area contributed by atoms with Crippen LogP contribution in [0.4, 0.5) is 5.69 Å². The molecule has 2 nitrogen and oxygen atoms in total. The van der Waals surface area contributed by atoms with Gasteiger partial charge in [-0.15, -0.1) is 11.8 Å². The second kappa shape index (κ2) is 5.43. The molecule has 0 radical (unpaired) electrons. The van der Waals surface area contributed by atoms with Gasteiger partial charge in [-0.05, 0) is 32.2 Å². The monoisotopic (exact) mass is 300 g/mol. The highest BCUT2D eigenvalue weighted by atomic mass is 79.9. The van der Waals surface area contributed by atoms with Crippen LogP contribution in [-0.4, -0.2) is 31.9 Å². The van der Waals surface area contributed by atoms with Crippen molar-refractivity contribution in [2.24, 2.45) is 0 Å². The third-order valence-electron chi connectivity index (χ3n) is 2.85. The molecule has 1 aromatic carbocycles. The predicted molar refractivity (Wildman–Crippen MR) is 75.6 cm³/mol. The van der Waals surface area contributed by atoms with Crippen LogP contribution in [0.3, 0.4) is 0 Å². The van der Waals surface area contributed by atoms with E-state index in [0.717, 1.165) is 17.6 Å². The van der Waals surface area contributed by atoms with Gasteiger partial charge in [-0.2, -0.15) is 0 Å². The highest BCUT2D eigenvalue weighted by Gasteiger charge is 2.22.